The van der Waals surface area contributed by atoms with Crippen LogP contribution in [0.2, 0.25) is 0 Å². The average Bonchev–Trinajstić information content (AvgIpc) is 3.27. The fraction of sp³-hybridized carbons (Fsp3) is 0.348. The van der Waals surface area contributed by atoms with E-state index in [2.05, 4.69) is 15.0 Å². The Labute approximate surface area is 181 Å². The molecule has 1 aliphatic rings. The number of aryl methyl sites for hydroxylation is 1. The lowest BCUT2D eigenvalue weighted by molar-refractivity contribution is 0.0611. The Bertz CT molecular complexity index is 1040. The molecule has 0 atom stereocenters. The van der Waals surface area contributed by atoms with Crippen molar-refractivity contribution in [2.24, 2.45) is 0 Å². The van der Waals surface area contributed by atoms with E-state index in [-0.39, 0.29) is 5.91 Å². The second-order valence-electron chi connectivity index (χ2n) is 7.49. The summed E-state index contributed by atoms with van der Waals surface area (Å²) in [4.78, 5) is 21.6. The lowest BCUT2D eigenvalue weighted by Crippen LogP contribution is -2.48. The van der Waals surface area contributed by atoms with Gasteiger partial charge in [-0.15, -0.1) is 0 Å². The highest BCUT2D eigenvalue weighted by Gasteiger charge is 2.26. The number of piperazine rings is 1. The van der Waals surface area contributed by atoms with Crippen molar-refractivity contribution in [2.45, 2.75) is 13.5 Å². The van der Waals surface area contributed by atoms with Gasteiger partial charge in [0.15, 0.2) is 11.5 Å². The number of benzene rings is 2. The van der Waals surface area contributed by atoms with Gasteiger partial charge in [0, 0.05) is 31.7 Å². The minimum absolute atomic E-state index is 0.0603. The molecule has 0 N–H and O–H groups in total. The van der Waals surface area contributed by atoms with Gasteiger partial charge in [-0.1, -0.05) is 41.1 Å². The Kier molecular flexibility index (Phi) is 6.18. The third-order valence-electron chi connectivity index (χ3n) is 5.43. The topological polar surface area (TPSA) is 80.9 Å². The monoisotopic (exact) mass is 422 g/mol. The second kappa shape index (κ2) is 9.18. The van der Waals surface area contributed by atoms with Gasteiger partial charge in [0.1, 0.15) is 0 Å². The SMILES string of the molecule is COc1cccc(C(=O)N2CCN(Cc3nc(-c4ccc(C)cc4)no3)CC2)c1OC. The van der Waals surface area contributed by atoms with Crippen LogP contribution in [0.1, 0.15) is 21.8 Å². The van der Waals surface area contributed by atoms with E-state index in [1.54, 1.807) is 32.4 Å². The van der Waals surface area contributed by atoms with Crippen molar-refractivity contribution in [3.8, 4) is 22.9 Å². The summed E-state index contributed by atoms with van der Waals surface area (Å²) in [5.74, 6) is 2.12. The number of amides is 1. The van der Waals surface area contributed by atoms with E-state index >= 15 is 0 Å². The normalized spacial score (nSPS) is 14.5. The van der Waals surface area contributed by atoms with Gasteiger partial charge in [0.2, 0.25) is 11.7 Å². The van der Waals surface area contributed by atoms with Crippen molar-refractivity contribution in [3.05, 3.63) is 59.5 Å². The number of carbonyl (C=O) groups excluding carboxylic acids is 1. The van der Waals surface area contributed by atoms with Crippen LogP contribution in [0.3, 0.4) is 0 Å². The number of rotatable bonds is 6. The van der Waals surface area contributed by atoms with Crippen LogP contribution in [0.5, 0.6) is 11.5 Å². The van der Waals surface area contributed by atoms with Gasteiger partial charge in [-0.05, 0) is 19.1 Å². The van der Waals surface area contributed by atoms with Crippen LogP contribution in [-0.2, 0) is 6.54 Å². The van der Waals surface area contributed by atoms with Crippen LogP contribution in [0.15, 0.2) is 47.0 Å². The average molecular weight is 422 g/mol. The molecular weight excluding hydrogens is 396 g/mol. The molecule has 0 radical (unpaired) electrons. The molecule has 2 aromatic carbocycles. The summed E-state index contributed by atoms with van der Waals surface area (Å²) in [6.07, 6.45) is 0. The zero-order valence-electron chi connectivity index (χ0n) is 18.0. The molecule has 3 aromatic rings. The Hall–Kier alpha value is -3.39. The highest BCUT2D eigenvalue weighted by Crippen LogP contribution is 2.31. The molecule has 0 saturated carbocycles. The summed E-state index contributed by atoms with van der Waals surface area (Å²) >= 11 is 0. The van der Waals surface area contributed by atoms with E-state index in [0.717, 1.165) is 18.7 Å². The van der Waals surface area contributed by atoms with E-state index in [1.807, 2.05) is 36.1 Å². The lowest BCUT2D eigenvalue weighted by atomic mass is 10.1. The maximum Gasteiger partial charge on any atom is 0.257 e. The largest absolute Gasteiger partial charge is 0.493 e. The Morgan fingerprint density at radius 3 is 2.45 bits per heavy atom. The molecule has 0 unspecified atom stereocenters. The molecule has 8 heteroatoms. The predicted octanol–water partition coefficient (Wildman–Crippen LogP) is 3.02. The summed E-state index contributed by atoms with van der Waals surface area (Å²) in [6.45, 7) is 5.26. The fourth-order valence-electron chi connectivity index (χ4n) is 3.67. The Morgan fingerprint density at radius 2 is 1.77 bits per heavy atom. The lowest BCUT2D eigenvalue weighted by Gasteiger charge is -2.34. The zero-order chi connectivity index (χ0) is 21.8. The molecule has 1 aromatic heterocycles. The summed E-state index contributed by atoms with van der Waals surface area (Å²) in [5.41, 5.74) is 2.63. The number of para-hydroxylation sites is 1. The standard InChI is InChI=1S/C23H26N4O4/c1-16-7-9-17(10-8-16)22-24-20(31-25-22)15-26-11-13-27(14-12-26)23(28)18-5-4-6-19(29-2)21(18)30-3/h4-10H,11-15H2,1-3H3. The Morgan fingerprint density at radius 1 is 1.03 bits per heavy atom. The van der Waals surface area contributed by atoms with Crippen molar-refractivity contribution in [3.63, 3.8) is 0 Å². The molecular formula is C23H26N4O4. The molecule has 1 fully saturated rings. The number of hydrogen-bond donors (Lipinski definition) is 0. The third kappa shape index (κ3) is 4.54. The van der Waals surface area contributed by atoms with Crippen LogP contribution in [0.4, 0.5) is 0 Å². The van der Waals surface area contributed by atoms with E-state index < -0.39 is 0 Å². The van der Waals surface area contributed by atoms with Crippen LogP contribution in [0.25, 0.3) is 11.4 Å². The molecule has 0 bridgehead atoms. The van der Waals surface area contributed by atoms with E-state index in [0.29, 0.717) is 48.4 Å². The van der Waals surface area contributed by atoms with Crippen LogP contribution < -0.4 is 9.47 Å². The zero-order valence-corrected chi connectivity index (χ0v) is 18.0. The molecule has 1 saturated heterocycles. The highest BCUT2D eigenvalue weighted by molar-refractivity contribution is 5.97. The summed E-state index contributed by atoms with van der Waals surface area (Å²) in [7, 11) is 3.11. The van der Waals surface area contributed by atoms with Gasteiger partial charge in [-0.2, -0.15) is 4.98 Å². The van der Waals surface area contributed by atoms with Crippen molar-refractivity contribution < 1.29 is 18.8 Å². The van der Waals surface area contributed by atoms with Gasteiger partial charge in [-0.25, -0.2) is 0 Å². The molecule has 4 rings (SSSR count). The number of nitrogens with zero attached hydrogens (tertiary/aromatic N) is 4. The molecule has 31 heavy (non-hydrogen) atoms. The van der Waals surface area contributed by atoms with Crippen LogP contribution in [0, 0.1) is 6.92 Å². The molecule has 0 aliphatic carbocycles. The van der Waals surface area contributed by atoms with E-state index in [4.69, 9.17) is 14.0 Å². The molecule has 1 aliphatic heterocycles. The summed E-state index contributed by atoms with van der Waals surface area (Å²) in [5, 5.41) is 4.10. The number of carbonyl (C=O) groups is 1. The molecule has 0 spiro atoms. The minimum atomic E-state index is -0.0603. The molecule has 2 heterocycles. The smallest absolute Gasteiger partial charge is 0.257 e. The molecule has 8 nitrogen and oxygen atoms in total. The summed E-state index contributed by atoms with van der Waals surface area (Å²) < 4.78 is 16.2. The van der Waals surface area contributed by atoms with Crippen molar-refractivity contribution in [2.75, 3.05) is 40.4 Å². The first kappa shape index (κ1) is 20.9. The first-order valence-electron chi connectivity index (χ1n) is 10.2. The number of aromatic nitrogens is 2. The maximum absolute atomic E-state index is 13.0. The predicted molar refractivity (Wildman–Crippen MR) is 115 cm³/mol. The van der Waals surface area contributed by atoms with Gasteiger partial charge >= 0.3 is 0 Å². The third-order valence-corrected chi connectivity index (χ3v) is 5.43. The van der Waals surface area contributed by atoms with E-state index in [9.17, 15) is 4.79 Å². The number of methoxy groups -OCH3 is 2. The second-order valence-corrected chi connectivity index (χ2v) is 7.49. The van der Waals surface area contributed by atoms with Crippen molar-refractivity contribution >= 4 is 5.91 Å². The van der Waals surface area contributed by atoms with Crippen LogP contribution >= 0.6 is 0 Å². The summed E-state index contributed by atoms with van der Waals surface area (Å²) in [6, 6.07) is 13.4. The highest BCUT2D eigenvalue weighted by atomic mass is 16.5. The van der Waals surface area contributed by atoms with Crippen LogP contribution in [-0.4, -0.2) is 66.2 Å². The fourth-order valence-corrected chi connectivity index (χ4v) is 3.67. The van der Waals surface area contributed by atoms with Gasteiger partial charge in [0.05, 0.1) is 26.3 Å². The van der Waals surface area contributed by atoms with Gasteiger partial charge < -0.3 is 18.9 Å². The van der Waals surface area contributed by atoms with Crippen molar-refractivity contribution in [1.29, 1.82) is 0 Å². The van der Waals surface area contributed by atoms with Gasteiger partial charge in [0.25, 0.3) is 5.91 Å². The first-order chi connectivity index (χ1) is 15.1. The maximum atomic E-state index is 13.0. The minimum Gasteiger partial charge on any atom is -0.493 e. The molecule has 162 valence electrons. The number of ether oxygens (including phenoxy) is 2. The Balaban J connectivity index is 1.36. The van der Waals surface area contributed by atoms with E-state index in [1.165, 1.54) is 5.56 Å². The van der Waals surface area contributed by atoms with Gasteiger partial charge in [-0.3, -0.25) is 9.69 Å². The molecule has 1 amide bonds. The quantitative estimate of drug-likeness (QED) is 0.604. The number of hydrogen-bond acceptors (Lipinski definition) is 7. The first-order valence-corrected chi connectivity index (χ1v) is 10.2. The van der Waals surface area contributed by atoms with Crippen molar-refractivity contribution in [1.82, 2.24) is 19.9 Å².